The van der Waals surface area contributed by atoms with Gasteiger partial charge in [0.1, 0.15) is 0 Å². The third-order valence-corrected chi connectivity index (χ3v) is 14.9. The molecule has 66 heavy (non-hydrogen) atoms. The molecule has 0 atom stereocenters. The minimum absolute atomic E-state index is 0.666. The lowest BCUT2D eigenvalue weighted by molar-refractivity contribution is 0.360. The highest BCUT2D eigenvalue weighted by Gasteiger charge is 2.26. The summed E-state index contributed by atoms with van der Waals surface area (Å²) in [6, 6.07) is 82.4. The van der Waals surface area contributed by atoms with Crippen LogP contribution in [0, 0.1) is 0 Å². The van der Waals surface area contributed by atoms with Crippen molar-refractivity contribution in [1.29, 1.82) is 0 Å². The number of nitrogens with zero attached hydrogens (tertiary/aromatic N) is 2. The van der Waals surface area contributed by atoms with Crippen molar-refractivity contribution in [2.45, 2.75) is 0 Å². The van der Waals surface area contributed by atoms with E-state index in [0.29, 0.717) is 23.0 Å². The van der Waals surface area contributed by atoms with Gasteiger partial charge in [0, 0.05) is 64.5 Å². The van der Waals surface area contributed by atoms with Crippen LogP contribution < -0.4 is 19.3 Å². The molecule has 0 saturated heterocycles. The van der Waals surface area contributed by atoms with Gasteiger partial charge in [0.15, 0.2) is 23.0 Å². The summed E-state index contributed by atoms with van der Waals surface area (Å²) in [7, 11) is 0. The Balaban J connectivity index is 1.05. The van der Waals surface area contributed by atoms with Crippen LogP contribution in [0.3, 0.4) is 0 Å². The van der Waals surface area contributed by atoms with Gasteiger partial charge in [0.25, 0.3) is 0 Å². The van der Waals surface area contributed by atoms with Crippen LogP contribution in [0.25, 0.3) is 62.6 Å². The lowest BCUT2D eigenvalue weighted by Crippen LogP contribution is -2.14. The molecule has 12 aromatic rings. The topological polar surface area (TPSA) is 24.9 Å². The Labute approximate surface area is 390 Å². The van der Waals surface area contributed by atoms with Crippen LogP contribution in [0.2, 0.25) is 0 Å². The van der Waals surface area contributed by atoms with Crippen molar-refractivity contribution in [3.63, 3.8) is 0 Å². The average molecular weight is 883 g/mol. The van der Waals surface area contributed by atoms with E-state index in [2.05, 4.69) is 210 Å². The maximum Gasteiger partial charge on any atom is 0.172 e. The van der Waals surface area contributed by atoms with Crippen LogP contribution >= 0.6 is 22.7 Å². The molecule has 0 radical (unpaired) electrons. The fourth-order valence-corrected chi connectivity index (χ4v) is 11.6. The van der Waals surface area contributed by atoms with E-state index in [-0.39, 0.29) is 0 Å². The number of rotatable bonds is 8. The van der Waals surface area contributed by atoms with E-state index in [1.165, 1.54) is 62.6 Å². The first-order valence-electron chi connectivity index (χ1n) is 22.1. The van der Waals surface area contributed by atoms with Gasteiger partial charge in [-0.05, 0) is 113 Å². The van der Waals surface area contributed by atoms with Crippen molar-refractivity contribution in [2.75, 3.05) is 9.80 Å². The van der Waals surface area contributed by atoms with E-state index >= 15 is 0 Å². The Morgan fingerprint density at radius 2 is 0.727 bits per heavy atom. The van der Waals surface area contributed by atoms with Crippen LogP contribution in [-0.4, -0.2) is 0 Å². The second-order valence-corrected chi connectivity index (χ2v) is 18.6. The first kappa shape index (κ1) is 38.3. The Morgan fingerprint density at radius 3 is 1.38 bits per heavy atom. The second-order valence-electron chi connectivity index (χ2n) is 16.5. The minimum Gasteiger partial charge on any atom is -0.450 e. The number of benzene rings is 10. The Kier molecular flexibility index (Phi) is 9.18. The fraction of sp³-hybridized carbons (Fsp3) is 0. The lowest BCUT2D eigenvalue weighted by Gasteiger charge is -2.31. The quantitative estimate of drug-likeness (QED) is 0.152. The molecule has 0 unspecified atom stereocenters. The molecule has 0 saturated carbocycles. The van der Waals surface area contributed by atoms with Crippen LogP contribution in [0.5, 0.6) is 23.0 Å². The SMILES string of the molecule is c1ccc(-c2ccc(N(c3ccc(-c4ccccc4)cc3)c3cc(N(c4ccc5c(c4)Oc4ccccc4O5)c4ccc5sc6ccccc6c5c4)cc4c3sc3ccccc34)cc2)cc1. The summed E-state index contributed by atoms with van der Waals surface area (Å²) in [4.78, 5) is 4.81. The first-order valence-corrected chi connectivity index (χ1v) is 23.7. The molecule has 0 fully saturated rings. The van der Waals surface area contributed by atoms with Crippen LogP contribution in [0.4, 0.5) is 34.1 Å². The summed E-state index contributed by atoms with van der Waals surface area (Å²) in [6.45, 7) is 0. The van der Waals surface area contributed by atoms with E-state index in [9.17, 15) is 0 Å². The largest absolute Gasteiger partial charge is 0.450 e. The lowest BCUT2D eigenvalue weighted by atomic mass is 10.0. The van der Waals surface area contributed by atoms with E-state index in [0.717, 1.165) is 34.1 Å². The van der Waals surface area contributed by atoms with Crippen molar-refractivity contribution in [2.24, 2.45) is 0 Å². The molecular weight excluding hydrogens is 845 g/mol. The molecule has 0 bridgehead atoms. The van der Waals surface area contributed by atoms with Crippen LogP contribution in [-0.2, 0) is 0 Å². The number of ether oxygens (including phenoxy) is 2. The number of hydrogen-bond donors (Lipinski definition) is 0. The number of anilines is 6. The summed E-state index contributed by atoms with van der Waals surface area (Å²) in [5.41, 5.74) is 10.9. The van der Waals surface area contributed by atoms with Crippen molar-refractivity contribution in [1.82, 2.24) is 0 Å². The number of hydrogen-bond acceptors (Lipinski definition) is 6. The molecular formula is C60H38N2O2S2. The van der Waals surface area contributed by atoms with Gasteiger partial charge in [-0.1, -0.05) is 133 Å². The Bertz CT molecular complexity index is 3690. The molecule has 0 N–H and O–H groups in total. The van der Waals surface area contributed by atoms with Crippen LogP contribution in [0.1, 0.15) is 0 Å². The third-order valence-electron chi connectivity index (χ3n) is 12.5. The number of para-hydroxylation sites is 2. The van der Waals surface area contributed by atoms with Gasteiger partial charge in [0.05, 0.1) is 16.1 Å². The van der Waals surface area contributed by atoms with Gasteiger partial charge in [-0.15, -0.1) is 22.7 Å². The molecule has 10 aromatic carbocycles. The number of fused-ring (bicyclic) bond motifs is 8. The van der Waals surface area contributed by atoms with E-state index in [4.69, 9.17) is 9.47 Å². The summed E-state index contributed by atoms with van der Waals surface area (Å²) in [5, 5.41) is 4.89. The molecule has 312 valence electrons. The normalized spacial score (nSPS) is 11.9. The predicted octanol–water partition coefficient (Wildman–Crippen LogP) is 18.6. The third kappa shape index (κ3) is 6.66. The van der Waals surface area contributed by atoms with E-state index in [1.54, 1.807) is 0 Å². The molecule has 6 heteroatoms. The molecule has 0 amide bonds. The van der Waals surface area contributed by atoms with Gasteiger partial charge < -0.3 is 19.3 Å². The Hall–Kier alpha value is -8.16. The zero-order chi connectivity index (χ0) is 43.6. The van der Waals surface area contributed by atoms with Crippen molar-refractivity contribution >= 4 is 97.1 Å². The van der Waals surface area contributed by atoms with E-state index < -0.39 is 0 Å². The van der Waals surface area contributed by atoms with Gasteiger partial charge in [-0.3, -0.25) is 0 Å². The average Bonchev–Trinajstić information content (AvgIpc) is 3.95. The second kappa shape index (κ2) is 15.8. The molecule has 1 aliphatic heterocycles. The maximum absolute atomic E-state index is 6.58. The standard InChI is InChI=1S/C60H38N2O2S2/c1-3-13-39(14-4-1)41-23-27-43(28-24-41)62(44-29-25-42(26-30-44)40-15-5-2-6-16-40)52-37-47(36-51-49-18-8-12-22-58(49)66-60(51)52)61(45-32-34-59-50(35-45)48-17-7-11-21-57(48)65-59)46-31-33-55-56(38-46)64-54-20-10-9-19-53(54)63-55/h1-38H. The highest BCUT2D eigenvalue weighted by molar-refractivity contribution is 7.26. The van der Waals surface area contributed by atoms with E-state index in [1.807, 2.05) is 53.0 Å². The van der Waals surface area contributed by atoms with Gasteiger partial charge >= 0.3 is 0 Å². The molecule has 0 aliphatic carbocycles. The van der Waals surface area contributed by atoms with Gasteiger partial charge in [-0.25, -0.2) is 0 Å². The molecule has 0 spiro atoms. The molecule has 13 rings (SSSR count). The highest BCUT2D eigenvalue weighted by atomic mass is 32.1. The molecule has 4 nitrogen and oxygen atoms in total. The molecule has 2 aromatic heterocycles. The van der Waals surface area contributed by atoms with Gasteiger partial charge in [-0.2, -0.15) is 0 Å². The van der Waals surface area contributed by atoms with Crippen LogP contribution in [0.15, 0.2) is 231 Å². The zero-order valence-corrected chi connectivity index (χ0v) is 37.1. The summed E-state index contributed by atoms with van der Waals surface area (Å²) >= 11 is 3.67. The predicted molar refractivity (Wildman–Crippen MR) is 279 cm³/mol. The maximum atomic E-state index is 6.58. The summed E-state index contributed by atoms with van der Waals surface area (Å²) in [6.07, 6.45) is 0. The first-order chi connectivity index (χ1) is 32.7. The molecule has 3 heterocycles. The highest BCUT2D eigenvalue weighted by Crippen LogP contribution is 2.52. The van der Waals surface area contributed by atoms with Gasteiger partial charge in [0.2, 0.25) is 0 Å². The summed E-state index contributed by atoms with van der Waals surface area (Å²) < 4.78 is 17.9. The zero-order valence-electron chi connectivity index (χ0n) is 35.5. The molecule has 1 aliphatic rings. The Morgan fingerprint density at radius 1 is 0.273 bits per heavy atom. The van der Waals surface area contributed by atoms with Crippen molar-refractivity contribution in [3.05, 3.63) is 231 Å². The summed E-state index contributed by atoms with van der Waals surface area (Å²) in [5.74, 6) is 2.75. The number of thiophene rings is 2. The fourth-order valence-electron chi connectivity index (χ4n) is 9.34. The van der Waals surface area contributed by atoms with Crippen molar-refractivity contribution < 1.29 is 9.47 Å². The minimum atomic E-state index is 0.666. The van der Waals surface area contributed by atoms with Crippen molar-refractivity contribution in [3.8, 4) is 45.3 Å². The smallest absolute Gasteiger partial charge is 0.172 e. The monoisotopic (exact) mass is 882 g/mol.